The first-order chi connectivity index (χ1) is 6.13. The number of hydrogen-bond donors (Lipinski definition) is 2. The average Bonchev–Trinajstić information content (AvgIpc) is 2.01. The predicted molar refractivity (Wildman–Crippen MR) is 52.9 cm³/mol. The summed E-state index contributed by atoms with van der Waals surface area (Å²) in [6.07, 6.45) is 2.48. The zero-order chi connectivity index (χ0) is 10.1. The molecule has 0 aliphatic carbocycles. The Labute approximate surface area is 79.9 Å². The van der Waals surface area contributed by atoms with Crippen molar-refractivity contribution in [2.75, 3.05) is 33.7 Å². The minimum Gasteiger partial charge on any atom is -0.481 e. The Hall–Kier alpha value is -0.610. The molecule has 0 unspecified atom stereocenters. The molecule has 0 aromatic rings. The zero-order valence-corrected chi connectivity index (χ0v) is 8.55. The molecule has 0 aromatic carbocycles. The Balaban J connectivity index is 2.96. The van der Waals surface area contributed by atoms with Crippen LogP contribution in [0.4, 0.5) is 0 Å². The molecular formula is C9H20N2O2. The van der Waals surface area contributed by atoms with Crippen molar-refractivity contribution < 1.29 is 9.90 Å². The minimum atomic E-state index is -0.735. The largest absolute Gasteiger partial charge is 0.481 e. The molecule has 0 heterocycles. The van der Waals surface area contributed by atoms with Crippen LogP contribution in [0, 0.1) is 0 Å². The summed E-state index contributed by atoms with van der Waals surface area (Å²) in [5.74, 6) is -0.735. The summed E-state index contributed by atoms with van der Waals surface area (Å²) in [6, 6.07) is 0. The van der Waals surface area contributed by atoms with Crippen LogP contribution in [0.3, 0.4) is 0 Å². The van der Waals surface area contributed by atoms with Crippen molar-refractivity contribution in [3.8, 4) is 0 Å². The van der Waals surface area contributed by atoms with Gasteiger partial charge in [0.1, 0.15) is 0 Å². The van der Waals surface area contributed by atoms with E-state index in [4.69, 9.17) is 5.11 Å². The molecule has 0 bridgehead atoms. The molecule has 0 saturated heterocycles. The van der Waals surface area contributed by atoms with E-state index in [1.165, 1.54) is 0 Å². The molecule has 0 aliphatic heterocycles. The second-order valence-electron chi connectivity index (χ2n) is 3.40. The first-order valence-electron chi connectivity index (χ1n) is 4.70. The number of aliphatic carboxylic acids is 1. The number of nitrogens with zero attached hydrogens (tertiary/aromatic N) is 1. The van der Waals surface area contributed by atoms with Gasteiger partial charge in [0.25, 0.3) is 0 Å². The van der Waals surface area contributed by atoms with E-state index in [1.807, 2.05) is 0 Å². The third kappa shape index (κ3) is 11.4. The lowest BCUT2D eigenvalue weighted by Crippen LogP contribution is -2.20. The Bertz CT molecular complexity index is 138. The van der Waals surface area contributed by atoms with Gasteiger partial charge in [-0.05, 0) is 40.0 Å². The third-order valence-corrected chi connectivity index (χ3v) is 1.72. The molecule has 0 saturated carbocycles. The summed E-state index contributed by atoms with van der Waals surface area (Å²) in [6.45, 7) is 2.60. The van der Waals surface area contributed by atoms with E-state index in [0.29, 0.717) is 6.54 Å². The first kappa shape index (κ1) is 12.4. The highest BCUT2D eigenvalue weighted by Gasteiger charge is 1.95. The number of unbranched alkanes of at least 4 members (excludes halogenated alkanes) is 1. The number of carboxylic acid groups (broad SMARTS) is 1. The van der Waals surface area contributed by atoms with Crippen LogP contribution in [0.1, 0.15) is 19.3 Å². The molecule has 0 aromatic heterocycles. The molecule has 0 radical (unpaired) electrons. The first-order valence-corrected chi connectivity index (χ1v) is 4.70. The Morgan fingerprint density at radius 1 is 1.31 bits per heavy atom. The second kappa shape index (κ2) is 8.01. The summed E-state index contributed by atoms with van der Waals surface area (Å²) in [7, 11) is 4.11. The van der Waals surface area contributed by atoms with Crippen LogP contribution in [0.2, 0.25) is 0 Å². The van der Waals surface area contributed by atoms with Gasteiger partial charge in [-0.15, -0.1) is 0 Å². The maximum Gasteiger partial charge on any atom is 0.304 e. The number of carbonyl (C=O) groups is 1. The highest BCUT2D eigenvalue weighted by molar-refractivity contribution is 5.66. The van der Waals surface area contributed by atoms with Crippen LogP contribution in [-0.4, -0.2) is 49.7 Å². The summed E-state index contributed by atoms with van der Waals surface area (Å²) in [5, 5.41) is 11.4. The van der Waals surface area contributed by atoms with Gasteiger partial charge in [0.2, 0.25) is 0 Å². The van der Waals surface area contributed by atoms with Crippen molar-refractivity contribution in [2.45, 2.75) is 19.3 Å². The fourth-order valence-corrected chi connectivity index (χ4v) is 0.998. The average molecular weight is 188 g/mol. The summed E-state index contributed by atoms with van der Waals surface area (Å²) < 4.78 is 0. The van der Waals surface area contributed by atoms with Gasteiger partial charge in [0, 0.05) is 6.54 Å². The van der Waals surface area contributed by atoms with Crippen LogP contribution >= 0.6 is 0 Å². The molecule has 0 spiro atoms. The quantitative estimate of drug-likeness (QED) is 0.541. The third-order valence-electron chi connectivity index (χ3n) is 1.72. The van der Waals surface area contributed by atoms with Crippen molar-refractivity contribution in [3.63, 3.8) is 0 Å². The number of rotatable bonds is 8. The molecule has 4 heteroatoms. The fourth-order valence-electron chi connectivity index (χ4n) is 0.998. The van der Waals surface area contributed by atoms with E-state index in [-0.39, 0.29) is 6.42 Å². The number of hydrogen-bond acceptors (Lipinski definition) is 3. The summed E-state index contributed by atoms with van der Waals surface area (Å²) in [4.78, 5) is 12.3. The van der Waals surface area contributed by atoms with E-state index in [2.05, 4.69) is 24.3 Å². The van der Waals surface area contributed by atoms with Crippen molar-refractivity contribution >= 4 is 5.97 Å². The number of carboxylic acids is 1. The van der Waals surface area contributed by atoms with E-state index >= 15 is 0 Å². The molecule has 4 nitrogen and oxygen atoms in total. The van der Waals surface area contributed by atoms with Gasteiger partial charge in [-0.1, -0.05) is 0 Å². The van der Waals surface area contributed by atoms with Crippen molar-refractivity contribution in [1.82, 2.24) is 10.2 Å². The smallest absolute Gasteiger partial charge is 0.304 e. The highest BCUT2D eigenvalue weighted by atomic mass is 16.4. The molecule has 78 valence electrons. The maximum atomic E-state index is 10.1. The highest BCUT2D eigenvalue weighted by Crippen LogP contribution is 1.88. The Kier molecular flexibility index (Phi) is 7.63. The lowest BCUT2D eigenvalue weighted by atomic mass is 10.3. The number of nitrogens with one attached hydrogen (secondary N) is 1. The molecule has 0 atom stereocenters. The van der Waals surface area contributed by atoms with Gasteiger partial charge in [-0.2, -0.15) is 0 Å². The van der Waals surface area contributed by atoms with Crippen LogP contribution in [-0.2, 0) is 4.79 Å². The summed E-state index contributed by atoms with van der Waals surface area (Å²) >= 11 is 0. The predicted octanol–water partition coefficient (Wildman–Crippen LogP) is 0.393. The minimum absolute atomic E-state index is 0.216. The van der Waals surface area contributed by atoms with Gasteiger partial charge in [-0.25, -0.2) is 0 Å². The molecule has 0 fully saturated rings. The van der Waals surface area contributed by atoms with E-state index in [9.17, 15) is 4.79 Å². The van der Waals surface area contributed by atoms with Gasteiger partial charge in [-0.3, -0.25) is 4.79 Å². The molecule has 13 heavy (non-hydrogen) atoms. The molecule has 0 aliphatic rings. The molecule has 0 amide bonds. The Morgan fingerprint density at radius 2 is 2.00 bits per heavy atom. The second-order valence-corrected chi connectivity index (χ2v) is 3.40. The van der Waals surface area contributed by atoms with Crippen molar-refractivity contribution in [1.29, 1.82) is 0 Å². The van der Waals surface area contributed by atoms with E-state index in [0.717, 1.165) is 25.9 Å². The Morgan fingerprint density at radius 3 is 2.54 bits per heavy atom. The zero-order valence-electron chi connectivity index (χ0n) is 8.55. The summed E-state index contributed by atoms with van der Waals surface area (Å²) in [5.41, 5.74) is 0. The van der Waals surface area contributed by atoms with Gasteiger partial charge in [0.15, 0.2) is 0 Å². The monoisotopic (exact) mass is 188 g/mol. The standard InChI is InChI=1S/C9H20N2O2/c1-11(2)8-4-3-6-10-7-5-9(12)13/h10H,3-8H2,1-2H3,(H,12,13). The van der Waals surface area contributed by atoms with Crippen molar-refractivity contribution in [2.24, 2.45) is 0 Å². The van der Waals surface area contributed by atoms with Gasteiger partial charge >= 0.3 is 5.97 Å². The molecular weight excluding hydrogens is 168 g/mol. The van der Waals surface area contributed by atoms with Crippen LogP contribution in [0.15, 0.2) is 0 Å². The van der Waals surface area contributed by atoms with Crippen molar-refractivity contribution in [3.05, 3.63) is 0 Å². The topological polar surface area (TPSA) is 52.6 Å². The molecule has 2 N–H and O–H groups in total. The maximum absolute atomic E-state index is 10.1. The lowest BCUT2D eigenvalue weighted by Gasteiger charge is -2.08. The molecule has 0 rings (SSSR count). The van der Waals surface area contributed by atoms with Crippen LogP contribution < -0.4 is 5.32 Å². The fraction of sp³-hybridized carbons (Fsp3) is 0.889. The van der Waals surface area contributed by atoms with Crippen LogP contribution in [0.25, 0.3) is 0 Å². The normalized spacial score (nSPS) is 10.7. The SMILES string of the molecule is CN(C)CCCCNCCC(=O)O. The van der Waals surface area contributed by atoms with Gasteiger partial charge in [0.05, 0.1) is 6.42 Å². The van der Waals surface area contributed by atoms with Crippen LogP contribution in [0.5, 0.6) is 0 Å². The van der Waals surface area contributed by atoms with E-state index < -0.39 is 5.97 Å². The lowest BCUT2D eigenvalue weighted by molar-refractivity contribution is -0.136. The van der Waals surface area contributed by atoms with Gasteiger partial charge < -0.3 is 15.3 Å². The van der Waals surface area contributed by atoms with E-state index in [1.54, 1.807) is 0 Å².